The Bertz CT molecular complexity index is 1500. The Balaban J connectivity index is 1.33. The zero-order chi connectivity index (χ0) is 28.8. The molecule has 5 rings (SSSR count). The Kier molecular flexibility index (Phi) is 8.23. The monoisotopic (exact) mass is 619 g/mol. The number of alkyl halides is 3. The summed E-state index contributed by atoms with van der Waals surface area (Å²) in [6.45, 7) is 6.00. The number of aromatic nitrogens is 4. The molecule has 0 amide bonds. The van der Waals surface area contributed by atoms with E-state index in [1.165, 1.54) is 16.9 Å². The third kappa shape index (κ3) is 6.33. The second-order valence-electron chi connectivity index (χ2n) is 10.6. The quantitative estimate of drug-likeness (QED) is 0.398. The Morgan fingerprint density at radius 1 is 1.18 bits per heavy atom. The van der Waals surface area contributed by atoms with Crippen LogP contribution in [0.2, 0.25) is 10.0 Å². The van der Waals surface area contributed by atoms with Gasteiger partial charge in [-0.05, 0) is 55.8 Å². The van der Waals surface area contributed by atoms with Crippen LogP contribution in [-0.2, 0) is 16.2 Å². The van der Waals surface area contributed by atoms with Gasteiger partial charge in [0.1, 0.15) is 11.3 Å². The number of sulfonamides is 1. The first-order chi connectivity index (χ1) is 18.8. The van der Waals surface area contributed by atoms with Gasteiger partial charge in [-0.3, -0.25) is 0 Å². The van der Waals surface area contributed by atoms with Crippen molar-refractivity contribution in [2.45, 2.75) is 32.0 Å². The minimum atomic E-state index is -4.70. The number of rotatable bonds is 8. The molecule has 0 radical (unpaired) electrons. The molecular weight excluding hydrogens is 590 g/mol. The van der Waals surface area contributed by atoms with Crippen molar-refractivity contribution in [3.8, 4) is 0 Å². The average molecular weight is 621 g/mol. The smallest absolute Gasteiger partial charge is 0.355 e. The maximum atomic E-state index is 13.9. The third-order valence-corrected chi connectivity index (χ3v) is 8.96. The summed E-state index contributed by atoms with van der Waals surface area (Å²) in [5, 5.41) is 4.63. The van der Waals surface area contributed by atoms with Gasteiger partial charge in [0, 0.05) is 42.8 Å². The van der Waals surface area contributed by atoms with Crippen molar-refractivity contribution in [1.82, 2.24) is 29.4 Å². The van der Waals surface area contributed by atoms with Crippen LogP contribution in [-0.4, -0.2) is 78.6 Å². The molecule has 15 heteroatoms. The van der Waals surface area contributed by atoms with E-state index in [2.05, 4.69) is 24.7 Å². The molecule has 2 atom stereocenters. The number of anilines is 1. The van der Waals surface area contributed by atoms with Crippen molar-refractivity contribution in [2.75, 3.05) is 50.4 Å². The molecule has 0 aliphatic carbocycles. The normalized spacial score (nSPS) is 20.2. The van der Waals surface area contributed by atoms with Gasteiger partial charge < -0.3 is 9.80 Å². The molecule has 40 heavy (non-hydrogen) atoms. The van der Waals surface area contributed by atoms with Crippen LogP contribution in [0.1, 0.15) is 37.1 Å². The predicted molar refractivity (Wildman–Crippen MR) is 148 cm³/mol. The highest BCUT2D eigenvalue weighted by atomic mass is 35.5. The van der Waals surface area contributed by atoms with Crippen LogP contribution in [0.4, 0.5) is 19.0 Å². The van der Waals surface area contributed by atoms with Gasteiger partial charge in [-0.2, -0.15) is 18.3 Å². The largest absolute Gasteiger partial charge is 0.437 e. The van der Waals surface area contributed by atoms with E-state index in [0.29, 0.717) is 46.4 Å². The molecule has 1 unspecified atom stereocenters. The lowest BCUT2D eigenvalue weighted by Crippen LogP contribution is -2.54. The Labute approximate surface area is 240 Å². The van der Waals surface area contributed by atoms with E-state index in [1.807, 2.05) is 4.90 Å². The maximum absolute atomic E-state index is 13.9. The van der Waals surface area contributed by atoms with Gasteiger partial charge in [-0.15, -0.1) is 0 Å². The molecule has 2 aliphatic rings. The third-order valence-electron chi connectivity index (χ3n) is 7.67. The number of halogens is 5. The van der Waals surface area contributed by atoms with E-state index in [0.717, 1.165) is 45.3 Å². The first-order valence-electron chi connectivity index (χ1n) is 13.0. The molecule has 2 saturated heterocycles. The number of fused-ring (bicyclic) bond motifs is 1. The summed E-state index contributed by atoms with van der Waals surface area (Å²) in [6, 6.07) is 4.18. The van der Waals surface area contributed by atoms with Gasteiger partial charge in [-0.25, -0.2) is 27.8 Å². The standard InChI is InChI=1S/C25H30Cl2F3N7O2S/c1-15(19-6-5-18(26)10-20(19)27)37-24-22(23(34-37)25(28,29)30)31-11-21(33-24)36-13-17(14-36)16-4-3-8-35(12-16)9-7-32-40(2,38)39/h5-6,10-11,15-17,32H,3-4,7-9,12-14H2,1-2H3/t15-,16?/m1/s1. The first-order valence-corrected chi connectivity index (χ1v) is 15.6. The van der Waals surface area contributed by atoms with E-state index in [4.69, 9.17) is 23.2 Å². The molecule has 0 bridgehead atoms. The van der Waals surface area contributed by atoms with Crippen LogP contribution in [0.15, 0.2) is 24.4 Å². The fourth-order valence-corrected chi connectivity index (χ4v) is 6.58. The van der Waals surface area contributed by atoms with E-state index in [-0.39, 0.29) is 11.2 Å². The van der Waals surface area contributed by atoms with E-state index in [1.54, 1.807) is 19.1 Å². The number of nitrogens with one attached hydrogen (secondary N) is 1. The lowest BCUT2D eigenvalue weighted by atomic mass is 9.80. The molecule has 9 nitrogen and oxygen atoms in total. The number of nitrogens with zero attached hydrogens (tertiary/aromatic N) is 6. The molecule has 2 fully saturated rings. The molecule has 3 aromatic rings. The van der Waals surface area contributed by atoms with E-state index in [9.17, 15) is 21.6 Å². The number of piperidine rings is 1. The van der Waals surface area contributed by atoms with Gasteiger partial charge >= 0.3 is 6.18 Å². The first kappa shape index (κ1) is 29.3. The van der Waals surface area contributed by atoms with Crippen LogP contribution in [0.3, 0.4) is 0 Å². The highest BCUT2D eigenvalue weighted by molar-refractivity contribution is 7.88. The Morgan fingerprint density at radius 2 is 1.93 bits per heavy atom. The van der Waals surface area contributed by atoms with Crippen LogP contribution in [0, 0.1) is 11.8 Å². The summed E-state index contributed by atoms with van der Waals surface area (Å²) in [4.78, 5) is 13.1. The second-order valence-corrected chi connectivity index (χ2v) is 13.2. The summed E-state index contributed by atoms with van der Waals surface area (Å²) in [6.07, 6.45) is -0.0469. The summed E-state index contributed by atoms with van der Waals surface area (Å²) < 4.78 is 68.0. The molecule has 2 aliphatic heterocycles. The van der Waals surface area contributed by atoms with Gasteiger partial charge in [0.05, 0.1) is 18.5 Å². The Hall–Kier alpha value is -2.19. The highest BCUT2D eigenvalue weighted by Gasteiger charge is 2.40. The second kappa shape index (κ2) is 11.2. The zero-order valence-electron chi connectivity index (χ0n) is 22.0. The van der Waals surface area contributed by atoms with Gasteiger partial charge in [0.2, 0.25) is 10.0 Å². The topological polar surface area (TPSA) is 96.3 Å². The van der Waals surface area contributed by atoms with Gasteiger partial charge in [0.25, 0.3) is 0 Å². The van der Waals surface area contributed by atoms with Crippen molar-refractivity contribution >= 4 is 50.2 Å². The average Bonchev–Trinajstić information content (AvgIpc) is 3.22. The maximum Gasteiger partial charge on any atom is 0.437 e. The van der Waals surface area contributed by atoms with E-state index < -0.39 is 27.9 Å². The Morgan fingerprint density at radius 3 is 2.60 bits per heavy atom. The van der Waals surface area contributed by atoms with Crippen molar-refractivity contribution < 1.29 is 21.6 Å². The SMILES string of the molecule is C[C@H](c1ccc(Cl)cc1Cl)n1nc(C(F)(F)F)c2ncc(N3CC(C4CCCN(CCNS(C)(=O)=O)C4)C3)nc21. The summed E-state index contributed by atoms with van der Waals surface area (Å²) in [7, 11) is -3.21. The fraction of sp³-hybridized carbons (Fsp3) is 0.560. The molecule has 218 valence electrons. The molecule has 4 heterocycles. The van der Waals surface area contributed by atoms with Gasteiger partial charge in [-0.1, -0.05) is 29.3 Å². The van der Waals surface area contributed by atoms with Crippen LogP contribution >= 0.6 is 23.2 Å². The van der Waals surface area contributed by atoms with E-state index >= 15 is 0 Å². The minimum absolute atomic E-state index is 0.0361. The zero-order valence-corrected chi connectivity index (χ0v) is 24.3. The van der Waals surface area contributed by atoms with Crippen molar-refractivity contribution in [1.29, 1.82) is 0 Å². The number of likely N-dealkylation sites (tertiary alicyclic amines) is 1. The summed E-state index contributed by atoms with van der Waals surface area (Å²) in [5.74, 6) is 1.36. The lowest BCUT2D eigenvalue weighted by Gasteiger charge is -2.47. The summed E-state index contributed by atoms with van der Waals surface area (Å²) in [5.41, 5.74) is -0.800. The van der Waals surface area contributed by atoms with Crippen LogP contribution in [0.25, 0.3) is 11.2 Å². The molecule has 1 aromatic carbocycles. The van der Waals surface area contributed by atoms with Crippen molar-refractivity contribution in [3.63, 3.8) is 0 Å². The number of benzene rings is 1. The predicted octanol–water partition coefficient (Wildman–Crippen LogP) is 4.46. The number of hydrogen-bond donors (Lipinski definition) is 1. The van der Waals surface area contributed by atoms with Crippen LogP contribution in [0.5, 0.6) is 0 Å². The molecule has 0 saturated carbocycles. The van der Waals surface area contributed by atoms with Crippen molar-refractivity contribution in [2.24, 2.45) is 11.8 Å². The fourth-order valence-electron chi connectivity index (χ4n) is 5.55. The molecule has 0 spiro atoms. The number of hydrogen-bond acceptors (Lipinski definition) is 7. The van der Waals surface area contributed by atoms with Crippen molar-refractivity contribution in [3.05, 3.63) is 45.7 Å². The molecule has 1 N–H and O–H groups in total. The molecule has 2 aromatic heterocycles. The molecular formula is C25H30Cl2F3N7O2S. The van der Waals surface area contributed by atoms with Crippen LogP contribution < -0.4 is 9.62 Å². The lowest BCUT2D eigenvalue weighted by molar-refractivity contribution is -0.140. The highest BCUT2D eigenvalue weighted by Crippen LogP contribution is 2.38. The minimum Gasteiger partial charge on any atom is -0.355 e. The summed E-state index contributed by atoms with van der Waals surface area (Å²) >= 11 is 12.4. The van der Waals surface area contributed by atoms with Gasteiger partial charge in [0.15, 0.2) is 11.3 Å².